The van der Waals surface area contributed by atoms with E-state index in [1.807, 2.05) is 18.2 Å². The van der Waals surface area contributed by atoms with Crippen LogP contribution in [-0.4, -0.2) is 31.6 Å². The van der Waals surface area contributed by atoms with Gasteiger partial charge in [0.15, 0.2) is 0 Å². The zero-order valence-corrected chi connectivity index (χ0v) is 14.4. The van der Waals surface area contributed by atoms with Gasteiger partial charge < -0.3 is 20.3 Å². The zero-order chi connectivity index (χ0) is 17.8. The molecular weight excluding hydrogens is 342 g/mol. The highest BCUT2D eigenvalue weighted by molar-refractivity contribution is 6.33. The van der Waals surface area contributed by atoms with Crippen LogP contribution in [0.2, 0.25) is 5.02 Å². The molecular formula is C18H18ClN3O3. The van der Waals surface area contributed by atoms with Gasteiger partial charge in [-0.15, -0.1) is 0 Å². The summed E-state index contributed by atoms with van der Waals surface area (Å²) in [5.41, 5.74) is 1.27. The summed E-state index contributed by atoms with van der Waals surface area (Å²) >= 11 is 6.02. The molecule has 1 aliphatic heterocycles. The monoisotopic (exact) mass is 359 g/mol. The lowest BCUT2D eigenvalue weighted by Crippen LogP contribution is -2.39. The van der Waals surface area contributed by atoms with Crippen LogP contribution in [0.1, 0.15) is 6.42 Å². The van der Waals surface area contributed by atoms with Crippen LogP contribution >= 0.6 is 11.6 Å². The van der Waals surface area contributed by atoms with Crippen molar-refractivity contribution < 1.29 is 14.3 Å². The predicted molar refractivity (Wildman–Crippen MR) is 97.4 cm³/mol. The van der Waals surface area contributed by atoms with Crippen molar-refractivity contribution in [2.45, 2.75) is 12.5 Å². The normalized spacial score (nSPS) is 16.6. The highest BCUT2D eigenvalue weighted by atomic mass is 35.5. The molecule has 0 radical (unpaired) electrons. The Hall–Kier alpha value is -2.73. The molecule has 1 atom stereocenters. The molecule has 3 amide bonds. The number of ether oxygens (including phenoxy) is 1. The highest BCUT2D eigenvalue weighted by Crippen LogP contribution is 2.25. The Morgan fingerprint density at radius 2 is 2.04 bits per heavy atom. The molecule has 0 aromatic heterocycles. The number of anilines is 2. The first-order valence-corrected chi connectivity index (χ1v) is 8.21. The van der Waals surface area contributed by atoms with Crippen LogP contribution in [0.15, 0.2) is 48.5 Å². The molecule has 1 saturated heterocycles. The van der Waals surface area contributed by atoms with Gasteiger partial charge in [0.2, 0.25) is 5.91 Å². The van der Waals surface area contributed by atoms with Crippen molar-refractivity contribution in [1.82, 2.24) is 5.32 Å². The minimum absolute atomic E-state index is 0.0451. The van der Waals surface area contributed by atoms with E-state index in [1.165, 1.54) is 0 Å². The minimum atomic E-state index is -0.390. The van der Waals surface area contributed by atoms with Gasteiger partial charge in [0.05, 0.1) is 23.9 Å². The minimum Gasteiger partial charge on any atom is -0.497 e. The molecule has 1 fully saturated rings. The third-order valence-electron chi connectivity index (χ3n) is 3.95. The summed E-state index contributed by atoms with van der Waals surface area (Å²) in [4.78, 5) is 26.1. The zero-order valence-electron chi connectivity index (χ0n) is 13.7. The van der Waals surface area contributed by atoms with Crippen LogP contribution in [0.5, 0.6) is 5.75 Å². The number of halogens is 1. The molecule has 2 N–H and O–H groups in total. The number of hydrogen-bond donors (Lipinski definition) is 2. The molecule has 3 rings (SSSR count). The highest BCUT2D eigenvalue weighted by Gasteiger charge is 2.31. The van der Waals surface area contributed by atoms with Crippen molar-refractivity contribution in [2.75, 3.05) is 23.9 Å². The van der Waals surface area contributed by atoms with Crippen LogP contribution in [0.4, 0.5) is 16.2 Å². The molecule has 7 heteroatoms. The number of urea groups is 1. The van der Waals surface area contributed by atoms with Gasteiger partial charge in [-0.2, -0.15) is 0 Å². The predicted octanol–water partition coefficient (Wildman–Crippen LogP) is 3.28. The Kier molecular flexibility index (Phi) is 5.09. The fourth-order valence-corrected chi connectivity index (χ4v) is 2.92. The first kappa shape index (κ1) is 17.1. The van der Waals surface area contributed by atoms with E-state index in [0.29, 0.717) is 23.0 Å². The fourth-order valence-electron chi connectivity index (χ4n) is 2.74. The van der Waals surface area contributed by atoms with Gasteiger partial charge in [-0.25, -0.2) is 4.79 Å². The number of amides is 3. The van der Waals surface area contributed by atoms with E-state index in [-0.39, 0.29) is 18.4 Å². The first-order chi connectivity index (χ1) is 12.1. The van der Waals surface area contributed by atoms with Crippen molar-refractivity contribution in [1.29, 1.82) is 0 Å². The van der Waals surface area contributed by atoms with E-state index in [1.54, 1.807) is 42.3 Å². The summed E-state index contributed by atoms with van der Waals surface area (Å²) in [5.74, 6) is 0.634. The molecule has 1 heterocycles. The van der Waals surface area contributed by atoms with Crippen LogP contribution < -0.4 is 20.3 Å². The Balaban J connectivity index is 1.62. The van der Waals surface area contributed by atoms with E-state index >= 15 is 0 Å². The van der Waals surface area contributed by atoms with Gasteiger partial charge in [0.25, 0.3) is 0 Å². The summed E-state index contributed by atoms with van der Waals surface area (Å²) < 4.78 is 5.19. The van der Waals surface area contributed by atoms with Crippen LogP contribution in [-0.2, 0) is 4.79 Å². The van der Waals surface area contributed by atoms with Gasteiger partial charge in [-0.05, 0) is 24.3 Å². The van der Waals surface area contributed by atoms with Gasteiger partial charge in [0, 0.05) is 24.7 Å². The molecule has 0 bridgehead atoms. The van der Waals surface area contributed by atoms with Crippen molar-refractivity contribution in [3.63, 3.8) is 0 Å². The number of methoxy groups -OCH3 is 1. The molecule has 2 aromatic rings. The first-order valence-electron chi connectivity index (χ1n) is 7.83. The maximum Gasteiger partial charge on any atom is 0.319 e. The second-order valence-electron chi connectivity index (χ2n) is 5.69. The molecule has 130 valence electrons. The average molecular weight is 360 g/mol. The lowest BCUT2D eigenvalue weighted by molar-refractivity contribution is -0.117. The fraction of sp³-hybridized carbons (Fsp3) is 0.222. The molecule has 0 unspecified atom stereocenters. The molecule has 25 heavy (non-hydrogen) atoms. The van der Waals surface area contributed by atoms with Gasteiger partial charge in [0.1, 0.15) is 5.75 Å². The molecule has 0 spiro atoms. The van der Waals surface area contributed by atoms with Gasteiger partial charge in [-0.3, -0.25) is 4.79 Å². The number of hydrogen-bond acceptors (Lipinski definition) is 3. The van der Waals surface area contributed by atoms with E-state index in [4.69, 9.17) is 16.3 Å². The van der Waals surface area contributed by atoms with Crippen molar-refractivity contribution in [2.24, 2.45) is 0 Å². The maximum atomic E-state index is 12.3. The lowest BCUT2D eigenvalue weighted by Gasteiger charge is -2.18. The summed E-state index contributed by atoms with van der Waals surface area (Å²) in [5, 5.41) is 5.96. The SMILES string of the molecule is COc1cccc(N2C[C@H](NC(=O)Nc3ccccc3Cl)CC2=O)c1. The molecule has 2 aromatic carbocycles. The molecule has 1 aliphatic rings. The van der Waals surface area contributed by atoms with Crippen LogP contribution in [0.3, 0.4) is 0 Å². The van der Waals surface area contributed by atoms with Crippen molar-refractivity contribution in [3.8, 4) is 5.75 Å². The van der Waals surface area contributed by atoms with Crippen LogP contribution in [0.25, 0.3) is 0 Å². The van der Waals surface area contributed by atoms with Crippen LogP contribution in [0, 0.1) is 0 Å². The number of carbonyl (C=O) groups excluding carboxylic acids is 2. The average Bonchev–Trinajstić information content (AvgIpc) is 2.97. The summed E-state index contributed by atoms with van der Waals surface area (Å²) in [6, 6.07) is 13.6. The summed E-state index contributed by atoms with van der Waals surface area (Å²) in [7, 11) is 1.58. The number of para-hydroxylation sites is 1. The molecule has 0 aliphatic carbocycles. The largest absolute Gasteiger partial charge is 0.497 e. The number of nitrogens with one attached hydrogen (secondary N) is 2. The Bertz CT molecular complexity index is 797. The number of carbonyl (C=O) groups is 2. The molecule has 6 nitrogen and oxygen atoms in total. The lowest BCUT2D eigenvalue weighted by atomic mass is 10.2. The van der Waals surface area contributed by atoms with Crippen molar-refractivity contribution >= 4 is 34.9 Å². The van der Waals surface area contributed by atoms with E-state index in [2.05, 4.69) is 10.6 Å². The molecule has 0 saturated carbocycles. The Morgan fingerprint density at radius 3 is 2.80 bits per heavy atom. The Morgan fingerprint density at radius 1 is 1.24 bits per heavy atom. The Labute approximate surface area is 150 Å². The van der Waals surface area contributed by atoms with E-state index in [9.17, 15) is 9.59 Å². The third-order valence-corrected chi connectivity index (χ3v) is 4.28. The van der Waals surface area contributed by atoms with Gasteiger partial charge >= 0.3 is 6.03 Å². The smallest absolute Gasteiger partial charge is 0.319 e. The van der Waals surface area contributed by atoms with E-state index < -0.39 is 6.03 Å². The maximum absolute atomic E-state index is 12.3. The topological polar surface area (TPSA) is 70.7 Å². The summed E-state index contributed by atoms with van der Waals surface area (Å²) in [6.07, 6.45) is 0.243. The second kappa shape index (κ2) is 7.44. The standard InChI is InChI=1S/C18H18ClN3O3/c1-25-14-6-4-5-13(10-14)22-11-12(9-17(22)23)20-18(24)21-16-8-3-2-7-15(16)19/h2-8,10,12H,9,11H2,1H3,(H2,20,21,24)/t12-/m1/s1. The quantitative estimate of drug-likeness (QED) is 0.880. The summed E-state index contributed by atoms with van der Waals surface area (Å²) in [6.45, 7) is 0.405. The third kappa shape index (κ3) is 4.03. The second-order valence-corrected chi connectivity index (χ2v) is 6.09. The van der Waals surface area contributed by atoms with E-state index in [0.717, 1.165) is 5.69 Å². The number of benzene rings is 2. The van der Waals surface area contributed by atoms with Crippen molar-refractivity contribution in [3.05, 3.63) is 53.6 Å². The number of rotatable bonds is 4. The number of nitrogens with zero attached hydrogens (tertiary/aromatic N) is 1. The van der Waals surface area contributed by atoms with Gasteiger partial charge in [-0.1, -0.05) is 29.8 Å².